The van der Waals surface area contributed by atoms with Crippen molar-refractivity contribution in [1.82, 2.24) is 9.21 Å². The Balaban J connectivity index is 1.81. The second kappa shape index (κ2) is 5.88. The third-order valence-corrected chi connectivity index (χ3v) is 7.08. The molecule has 1 aromatic carbocycles. The Morgan fingerprint density at radius 2 is 1.90 bits per heavy atom. The van der Waals surface area contributed by atoms with Gasteiger partial charge in [-0.05, 0) is 50.9 Å². The zero-order valence-corrected chi connectivity index (χ0v) is 13.8. The van der Waals surface area contributed by atoms with Crippen molar-refractivity contribution < 1.29 is 8.42 Å². The smallest absolute Gasteiger partial charge is 0.244 e. The van der Waals surface area contributed by atoms with Crippen molar-refractivity contribution in [3.8, 4) is 0 Å². The number of nitrogens with zero attached hydrogens (tertiary/aromatic N) is 2. The molecule has 0 aliphatic carbocycles. The van der Waals surface area contributed by atoms with E-state index in [0.717, 1.165) is 25.1 Å². The summed E-state index contributed by atoms with van der Waals surface area (Å²) >= 11 is 6.20. The maximum absolute atomic E-state index is 12.8. The van der Waals surface area contributed by atoms with E-state index >= 15 is 0 Å². The van der Waals surface area contributed by atoms with Gasteiger partial charge in [-0.1, -0.05) is 23.7 Å². The third kappa shape index (κ3) is 2.84. The molecule has 2 aliphatic heterocycles. The van der Waals surface area contributed by atoms with E-state index in [9.17, 15) is 8.42 Å². The molecule has 2 saturated heterocycles. The minimum absolute atomic E-state index is 0.242. The van der Waals surface area contributed by atoms with Gasteiger partial charge in [0.2, 0.25) is 10.0 Å². The lowest BCUT2D eigenvalue weighted by Gasteiger charge is -2.23. The van der Waals surface area contributed by atoms with Crippen LogP contribution in [0.15, 0.2) is 23.1 Å². The Labute approximate surface area is 131 Å². The molecule has 21 heavy (non-hydrogen) atoms. The molecule has 6 heteroatoms. The average molecular weight is 329 g/mol. The molecule has 3 rings (SSSR count). The monoisotopic (exact) mass is 328 g/mol. The Hall–Kier alpha value is -0.620. The lowest BCUT2D eigenvalue weighted by Crippen LogP contribution is -2.37. The van der Waals surface area contributed by atoms with Crippen LogP contribution in [0.1, 0.15) is 24.8 Å². The quantitative estimate of drug-likeness (QED) is 0.856. The van der Waals surface area contributed by atoms with Gasteiger partial charge in [-0.15, -0.1) is 0 Å². The van der Waals surface area contributed by atoms with Gasteiger partial charge in [-0.25, -0.2) is 8.42 Å². The predicted molar refractivity (Wildman–Crippen MR) is 84.2 cm³/mol. The fourth-order valence-corrected chi connectivity index (χ4v) is 5.34. The summed E-state index contributed by atoms with van der Waals surface area (Å²) in [6.45, 7) is 5.21. The number of rotatable bonds is 3. The summed E-state index contributed by atoms with van der Waals surface area (Å²) < 4.78 is 27.2. The summed E-state index contributed by atoms with van der Waals surface area (Å²) in [5.74, 6) is 0. The first-order valence-electron chi connectivity index (χ1n) is 7.49. The van der Waals surface area contributed by atoms with E-state index in [2.05, 4.69) is 4.90 Å². The van der Waals surface area contributed by atoms with Gasteiger partial charge in [0, 0.05) is 19.1 Å². The van der Waals surface area contributed by atoms with E-state index in [-0.39, 0.29) is 4.90 Å². The molecule has 0 radical (unpaired) electrons. The first-order valence-corrected chi connectivity index (χ1v) is 9.31. The van der Waals surface area contributed by atoms with Crippen LogP contribution in [-0.2, 0) is 10.0 Å². The molecule has 0 spiro atoms. The molecule has 2 heterocycles. The summed E-state index contributed by atoms with van der Waals surface area (Å²) in [4.78, 5) is 2.67. The average Bonchev–Trinajstić information content (AvgIpc) is 3.11. The predicted octanol–water partition coefficient (Wildman–Crippen LogP) is 2.51. The molecule has 116 valence electrons. The number of aryl methyl sites for hydroxylation is 1. The fourth-order valence-electron chi connectivity index (χ4n) is 3.29. The second-order valence-corrected chi connectivity index (χ2v) is 8.22. The van der Waals surface area contributed by atoms with Crippen molar-refractivity contribution in [2.45, 2.75) is 37.1 Å². The summed E-state index contributed by atoms with van der Waals surface area (Å²) in [5, 5.41) is 0.349. The molecular formula is C15H21ClN2O2S. The maximum atomic E-state index is 12.8. The van der Waals surface area contributed by atoms with E-state index in [4.69, 9.17) is 11.6 Å². The molecule has 2 aliphatic rings. The number of halogens is 1. The third-order valence-electron chi connectivity index (χ3n) is 4.56. The summed E-state index contributed by atoms with van der Waals surface area (Å²) in [7, 11) is -3.48. The Kier molecular flexibility index (Phi) is 4.28. The van der Waals surface area contributed by atoms with Gasteiger partial charge in [0.05, 0.1) is 5.02 Å². The van der Waals surface area contributed by atoms with Crippen LogP contribution in [0.2, 0.25) is 5.02 Å². The van der Waals surface area contributed by atoms with Crippen molar-refractivity contribution in [2.75, 3.05) is 26.2 Å². The Bertz CT molecular complexity index is 627. The van der Waals surface area contributed by atoms with Gasteiger partial charge in [0.25, 0.3) is 0 Å². The van der Waals surface area contributed by atoms with Crippen LogP contribution in [0.4, 0.5) is 0 Å². The van der Waals surface area contributed by atoms with Crippen LogP contribution < -0.4 is 0 Å². The summed E-state index contributed by atoms with van der Waals surface area (Å²) in [6, 6.07) is 5.56. The van der Waals surface area contributed by atoms with Crippen LogP contribution in [0.25, 0.3) is 0 Å². The number of hydrogen-bond donors (Lipinski definition) is 0. The lowest BCUT2D eigenvalue weighted by atomic mass is 10.2. The molecule has 0 aromatic heterocycles. The van der Waals surface area contributed by atoms with Gasteiger partial charge >= 0.3 is 0 Å². The standard InChI is InChI=1S/C15H21ClN2O2S/c1-12-5-4-6-14(15(12)16)21(19,20)18-10-7-13(11-18)17-8-2-3-9-17/h4-6,13H,2-3,7-11H2,1H3. The highest BCUT2D eigenvalue weighted by Crippen LogP contribution is 2.30. The summed E-state index contributed by atoms with van der Waals surface area (Å²) in [6.07, 6.45) is 3.38. The second-order valence-electron chi connectivity index (χ2n) is 5.94. The topological polar surface area (TPSA) is 40.6 Å². The normalized spacial score (nSPS) is 24.8. The number of hydrogen-bond acceptors (Lipinski definition) is 3. The van der Waals surface area contributed by atoms with E-state index < -0.39 is 10.0 Å². The zero-order chi connectivity index (χ0) is 15.0. The van der Waals surface area contributed by atoms with E-state index in [1.165, 1.54) is 12.8 Å². The molecule has 0 N–H and O–H groups in total. The van der Waals surface area contributed by atoms with Crippen molar-refractivity contribution in [1.29, 1.82) is 0 Å². The molecule has 0 saturated carbocycles. The molecule has 4 nitrogen and oxygen atoms in total. The van der Waals surface area contributed by atoms with Crippen LogP contribution in [0.3, 0.4) is 0 Å². The lowest BCUT2D eigenvalue weighted by molar-refractivity contribution is 0.251. The van der Waals surface area contributed by atoms with Gasteiger partial charge in [-0.3, -0.25) is 4.90 Å². The molecule has 1 unspecified atom stereocenters. The highest BCUT2D eigenvalue weighted by Gasteiger charge is 2.36. The van der Waals surface area contributed by atoms with Crippen molar-refractivity contribution in [2.24, 2.45) is 0 Å². The Morgan fingerprint density at radius 3 is 2.62 bits per heavy atom. The van der Waals surface area contributed by atoms with Crippen LogP contribution >= 0.6 is 11.6 Å². The number of sulfonamides is 1. The van der Waals surface area contributed by atoms with E-state index in [1.54, 1.807) is 16.4 Å². The van der Waals surface area contributed by atoms with Crippen LogP contribution in [0.5, 0.6) is 0 Å². The first-order chi connectivity index (χ1) is 10.00. The van der Waals surface area contributed by atoms with Gasteiger partial charge in [-0.2, -0.15) is 4.31 Å². The molecule has 0 amide bonds. The number of likely N-dealkylation sites (tertiary alicyclic amines) is 1. The van der Waals surface area contributed by atoms with Gasteiger partial charge in [0.15, 0.2) is 0 Å². The molecule has 2 fully saturated rings. The summed E-state index contributed by atoms with van der Waals surface area (Å²) in [5.41, 5.74) is 0.799. The van der Waals surface area contributed by atoms with Crippen molar-refractivity contribution >= 4 is 21.6 Å². The zero-order valence-electron chi connectivity index (χ0n) is 12.3. The highest BCUT2D eigenvalue weighted by atomic mass is 35.5. The van der Waals surface area contributed by atoms with Gasteiger partial charge in [0.1, 0.15) is 4.90 Å². The SMILES string of the molecule is Cc1cccc(S(=O)(=O)N2CCC(N3CCCC3)C2)c1Cl. The van der Waals surface area contributed by atoms with E-state index in [1.807, 2.05) is 13.0 Å². The molecular weight excluding hydrogens is 308 g/mol. The van der Waals surface area contributed by atoms with Crippen LogP contribution in [0, 0.1) is 6.92 Å². The van der Waals surface area contributed by atoms with E-state index in [0.29, 0.717) is 24.2 Å². The van der Waals surface area contributed by atoms with Crippen LogP contribution in [-0.4, -0.2) is 49.8 Å². The highest BCUT2D eigenvalue weighted by molar-refractivity contribution is 7.89. The number of benzene rings is 1. The minimum atomic E-state index is -3.48. The minimum Gasteiger partial charge on any atom is -0.299 e. The largest absolute Gasteiger partial charge is 0.299 e. The first kappa shape index (κ1) is 15.3. The van der Waals surface area contributed by atoms with Crippen molar-refractivity contribution in [3.05, 3.63) is 28.8 Å². The fraction of sp³-hybridized carbons (Fsp3) is 0.600. The van der Waals surface area contributed by atoms with Crippen molar-refractivity contribution in [3.63, 3.8) is 0 Å². The molecule has 0 bridgehead atoms. The molecule has 1 aromatic rings. The molecule has 1 atom stereocenters. The maximum Gasteiger partial charge on any atom is 0.244 e. The van der Waals surface area contributed by atoms with Gasteiger partial charge < -0.3 is 0 Å². The Morgan fingerprint density at radius 1 is 1.19 bits per heavy atom.